The first-order chi connectivity index (χ1) is 8.75. The Morgan fingerprint density at radius 1 is 1.33 bits per heavy atom. The van der Waals surface area contributed by atoms with Crippen LogP contribution in [0, 0.1) is 0 Å². The fraction of sp³-hybridized carbons (Fsp3) is 0. The Bertz CT molecular complexity index is 730. The fourth-order valence-electron chi connectivity index (χ4n) is 1.62. The number of nitrogens with zero attached hydrogens (tertiary/aromatic N) is 2. The van der Waals surface area contributed by atoms with Crippen LogP contribution in [0.5, 0.6) is 0 Å². The zero-order valence-electron chi connectivity index (χ0n) is 8.99. The Hall–Kier alpha value is -1.99. The number of H-pyrrole nitrogens is 1. The monoisotopic (exact) mass is 277 g/mol. The van der Waals surface area contributed by atoms with E-state index in [1.807, 2.05) is 30.3 Å². The van der Waals surface area contributed by atoms with Gasteiger partial charge in [0.1, 0.15) is 5.69 Å². The molecule has 0 saturated heterocycles. The summed E-state index contributed by atoms with van der Waals surface area (Å²) in [5.41, 5.74) is 1.17. The van der Waals surface area contributed by atoms with E-state index in [1.165, 1.54) is 11.3 Å². The van der Waals surface area contributed by atoms with Gasteiger partial charge in [-0.1, -0.05) is 23.6 Å². The van der Waals surface area contributed by atoms with Crippen molar-refractivity contribution in [1.82, 2.24) is 10.3 Å². The summed E-state index contributed by atoms with van der Waals surface area (Å²) in [6.45, 7) is 0. The van der Waals surface area contributed by atoms with Crippen molar-refractivity contribution in [3.8, 4) is 17.1 Å². The number of hydrogen-bond acceptors (Lipinski definition) is 5. The average molecular weight is 277 g/mol. The molecule has 0 unspecified atom stereocenters. The Labute approximate surface area is 111 Å². The van der Waals surface area contributed by atoms with Crippen molar-refractivity contribution < 1.29 is 9.20 Å². The SMILES string of the molecule is O=c1o[nH][n+](-c2ccccc2)c1-c1csc([S-])n1. The first-order valence-corrected chi connectivity index (χ1v) is 6.36. The molecule has 0 atom stereocenters. The van der Waals surface area contributed by atoms with E-state index in [4.69, 9.17) is 17.2 Å². The quantitative estimate of drug-likeness (QED) is 0.566. The molecule has 3 aromatic rings. The lowest BCUT2D eigenvalue weighted by Gasteiger charge is -1.91. The molecule has 0 aliphatic carbocycles. The first-order valence-electron chi connectivity index (χ1n) is 5.07. The van der Waals surface area contributed by atoms with Crippen LogP contribution in [-0.4, -0.2) is 10.3 Å². The maximum atomic E-state index is 11.7. The van der Waals surface area contributed by atoms with E-state index in [0.717, 1.165) is 5.69 Å². The van der Waals surface area contributed by atoms with Gasteiger partial charge in [-0.2, -0.15) is 0 Å². The number of thiazole rings is 1. The highest BCUT2D eigenvalue weighted by atomic mass is 32.2. The highest BCUT2D eigenvalue weighted by Crippen LogP contribution is 2.16. The van der Waals surface area contributed by atoms with Gasteiger partial charge in [-0.3, -0.25) is 9.51 Å². The van der Waals surface area contributed by atoms with Crippen LogP contribution < -0.4 is 10.3 Å². The molecular formula is C11H7N3O2S2. The molecule has 2 aromatic heterocycles. The van der Waals surface area contributed by atoms with Crippen LogP contribution in [0.4, 0.5) is 0 Å². The molecule has 0 amide bonds. The van der Waals surface area contributed by atoms with Gasteiger partial charge in [0.15, 0.2) is 0 Å². The van der Waals surface area contributed by atoms with E-state index >= 15 is 0 Å². The number of aromatic nitrogens is 3. The minimum atomic E-state index is -0.473. The maximum Gasteiger partial charge on any atom is 0.437 e. The van der Waals surface area contributed by atoms with Gasteiger partial charge in [-0.05, 0) is 14.3 Å². The summed E-state index contributed by atoms with van der Waals surface area (Å²) in [6.07, 6.45) is 0. The third-order valence-electron chi connectivity index (χ3n) is 2.39. The molecule has 0 saturated carbocycles. The predicted octanol–water partition coefficient (Wildman–Crippen LogP) is 1.27. The van der Waals surface area contributed by atoms with Crippen LogP contribution >= 0.6 is 11.3 Å². The molecule has 2 heterocycles. The van der Waals surface area contributed by atoms with E-state index in [2.05, 4.69) is 10.3 Å². The number of para-hydroxylation sites is 1. The summed E-state index contributed by atoms with van der Waals surface area (Å²) < 4.78 is 6.87. The molecule has 0 spiro atoms. The van der Waals surface area contributed by atoms with Crippen molar-refractivity contribution in [2.45, 2.75) is 4.34 Å². The summed E-state index contributed by atoms with van der Waals surface area (Å²) in [7, 11) is 0. The molecule has 0 bridgehead atoms. The molecule has 7 heteroatoms. The standard InChI is InChI=1S/C11H7N3O2S2/c15-10-9(8-6-18-11(17)12-8)14(13-16-10)7-4-2-1-3-5-7/h1-6H,(H-,12,13,15,17). The van der Waals surface area contributed by atoms with Gasteiger partial charge in [0, 0.05) is 12.1 Å². The largest absolute Gasteiger partial charge is 0.437 e. The lowest BCUT2D eigenvalue weighted by molar-refractivity contribution is -0.660. The lowest BCUT2D eigenvalue weighted by Crippen LogP contribution is -2.36. The van der Waals surface area contributed by atoms with Crippen LogP contribution in [0.2, 0.25) is 0 Å². The predicted molar refractivity (Wildman–Crippen MR) is 67.6 cm³/mol. The van der Waals surface area contributed by atoms with Crippen molar-refractivity contribution >= 4 is 24.0 Å². The van der Waals surface area contributed by atoms with E-state index in [0.29, 0.717) is 15.7 Å². The summed E-state index contributed by atoms with van der Waals surface area (Å²) in [4.78, 5) is 15.9. The zero-order chi connectivity index (χ0) is 12.5. The molecule has 1 N–H and O–H groups in total. The second kappa shape index (κ2) is 4.35. The molecule has 0 aliphatic heterocycles. The number of benzene rings is 1. The summed E-state index contributed by atoms with van der Waals surface area (Å²) in [5, 5.41) is 4.30. The zero-order valence-corrected chi connectivity index (χ0v) is 10.6. The van der Waals surface area contributed by atoms with Crippen LogP contribution in [0.15, 0.2) is 49.4 Å². The molecule has 1 aromatic carbocycles. The smallest absolute Gasteiger partial charge is 0.408 e. The topological polar surface area (TPSA) is 62.8 Å². The minimum absolute atomic E-state index is 0.341. The van der Waals surface area contributed by atoms with E-state index in [1.54, 1.807) is 10.1 Å². The molecule has 0 aliphatic rings. The molecular weight excluding hydrogens is 270 g/mol. The molecule has 5 nitrogen and oxygen atoms in total. The Morgan fingerprint density at radius 3 is 2.78 bits per heavy atom. The average Bonchev–Trinajstić information content (AvgIpc) is 2.96. The van der Waals surface area contributed by atoms with Crippen molar-refractivity contribution in [1.29, 1.82) is 0 Å². The van der Waals surface area contributed by atoms with Gasteiger partial charge in [-0.25, -0.2) is 4.79 Å². The lowest BCUT2D eigenvalue weighted by atomic mass is 10.3. The second-order valence-corrected chi connectivity index (χ2v) is 5.00. The van der Waals surface area contributed by atoms with Crippen LogP contribution in [0.1, 0.15) is 0 Å². The van der Waals surface area contributed by atoms with Crippen molar-refractivity contribution in [3.63, 3.8) is 0 Å². The number of rotatable bonds is 2. The first kappa shape index (κ1) is 11.1. The van der Waals surface area contributed by atoms with Crippen molar-refractivity contribution in [2.24, 2.45) is 0 Å². The normalized spacial score (nSPS) is 10.7. The van der Waals surface area contributed by atoms with Crippen LogP contribution in [0.3, 0.4) is 0 Å². The van der Waals surface area contributed by atoms with Gasteiger partial charge in [-0.15, -0.1) is 0 Å². The Balaban J connectivity index is 2.22. The number of aromatic amines is 1. The highest BCUT2D eigenvalue weighted by molar-refractivity contribution is 7.62. The molecule has 3 rings (SSSR count). The van der Waals surface area contributed by atoms with Crippen LogP contribution in [0.25, 0.3) is 17.1 Å². The van der Waals surface area contributed by atoms with Gasteiger partial charge in [0.05, 0.1) is 0 Å². The van der Waals surface area contributed by atoms with E-state index in [-0.39, 0.29) is 0 Å². The van der Waals surface area contributed by atoms with E-state index in [9.17, 15) is 4.79 Å². The van der Waals surface area contributed by atoms with Gasteiger partial charge in [0.2, 0.25) is 5.69 Å². The van der Waals surface area contributed by atoms with Crippen molar-refractivity contribution in [3.05, 3.63) is 46.1 Å². The second-order valence-electron chi connectivity index (χ2n) is 3.50. The van der Waals surface area contributed by atoms with Crippen molar-refractivity contribution in [2.75, 3.05) is 0 Å². The third kappa shape index (κ3) is 1.83. The Kier molecular flexibility index (Phi) is 2.69. The number of hydrogen-bond donors (Lipinski definition) is 1. The summed E-state index contributed by atoms with van der Waals surface area (Å²) >= 11 is 6.28. The molecule has 0 radical (unpaired) electrons. The molecule has 0 fully saturated rings. The van der Waals surface area contributed by atoms with Crippen LogP contribution in [-0.2, 0) is 12.6 Å². The highest BCUT2D eigenvalue weighted by Gasteiger charge is 2.25. The number of nitrogens with one attached hydrogen (secondary N) is 1. The molecule has 18 heavy (non-hydrogen) atoms. The summed E-state index contributed by atoms with van der Waals surface area (Å²) in [6, 6.07) is 9.35. The summed E-state index contributed by atoms with van der Waals surface area (Å²) in [5.74, 6) is 0. The van der Waals surface area contributed by atoms with Gasteiger partial charge >= 0.3 is 11.3 Å². The fourth-order valence-corrected chi connectivity index (χ4v) is 2.39. The van der Waals surface area contributed by atoms with E-state index < -0.39 is 5.63 Å². The molecule has 90 valence electrons. The maximum absolute atomic E-state index is 11.7. The Morgan fingerprint density at radius 2 is 2.11 bits per heavy atom. The van der Waals surface area contributed by atoms with Gasteiger partial charge in [0.25, 0.3) is 0 Å². The van der Waals surface area contributed by atoms with Gasteiger partial charge < -0.3 is 24.0 Å². The minimum Gasteiger partial charge on any atom is -0.408 e. The third-order valence-corrected chi connectivity index (χ3v) is 3.40.